The Morgan fingerprint density at radius 1 is 1.14 bits per heavy atom. The molecule has 2 aromatic carbocycles. The normalized spacial score (nSPS) is 10.3. The summed E-state index contributed by atoms with van der Waals surface area (Å²) in [6, 6.07) is 8.66. The molecule has 0 atom stereocenters. The van der Waals surface area contributed by atoms with Crippen LogP contribution in [0, 0.1) is 18.6 Å². The Kier molecular flexibility index (Phi) is 4.90. The van der Waals surface area contributed by atoms with Gasteiger partial charge in [0.1, 0.15) is 11.6 Å². The van der Waals surface area contributed by atoms with Crippen molar-refractivity contribution in [2.24, 2.45) is 0 Å². The first-order chi connectivity index (χ1) is 9.95. The highest BCUT2D eigenvalue weighted by Crippen LogP contribution is 2.23. The summed E-state index contributed by atoms with van der Waals surface area (Å²) in [7, 11) is 0. The van der Waals surface area contributed by atoms with E-state index in [2.05, 4.69) is 26.6 Å². The van der Waals surface area contributed by atoms with E-state index in [4.69, 9.17) is 0 Å². The molecule has 0 heterocycles. The van der Waals surface area contributed by atoms with E-state index in [-0.39, 0.29) is 18.1 Å². The van der Waals surface area contributed by atoms with E-state index in [1.165, 1.54) is 6.07 Å². The smallest absolute Gasteiger partial charge is 0.243 e. The number of hydrogen-bond acceptors (Lipinski definition) is 2. The summed E-state index contributed by atoms with van der Waals surface area (Å²) in [5.74, 6) is -1.73. The molecule has 0 saturated heterocycles. The summed E-state index contributed by atoms with van der Waals surface area (Å²) in [5, 5.41) is 5.32. The number of aryl methyl sites for hydroxylation is 1. The van der Waals surface area contributed by atoms with Crippen LogP contribution in [-0.4, -0.2) is 12.5 Å². The van der Waals surface area contributed by atoms with Crippen LogP contribution in [0.15, 0.2) is 40.9 Å². The summed E-state index contributed by atoms with van der Waals surface area (Å²) in [6.07, 6.45) is 0. The molecule has 2 N–H and O–H groups in total. The molecule has 0 aliphatic heterocycles. The highest BCUT2D eigenvalue weighted by atomic mass is 79.9. The van der Waals surface area contributed by atoms with Gasteiger partial charge in [0.2, 0.25) is 5.91 Å². The van der Waals surface area contributed by atoms with Gasteiger partial charge >= 0.3 is 0 Å². The number of amides is 1. The quantitative estimate of drug-likeness (QED) is 0.868. The second-order valence-corrected chi connectivity index (χ2v) is 5.36. The minimum absolute atomic E-state index is 0.0783. The van der Waals surface area contributed by atoms with E-state index in [0.29, 0.717) is 5.69 Å². The second-order valence-electron chi connectivity index (χ2n) is 4.51. The molecule has 2 rings (SSSR count). The maximum atomic E-state index is 13.4. The van der Waals surface area contributed by atoms with Crippen LogP contribution in [0.1, 0.15) is 5.56 Å². The summed E-state index contributed by atoms with van der Waals surface area (Å²) >= 11 is 3.35. The molecule has 0 unspecified atom stereocenters. The first-order valence-corrected chi connectivity index (χ1v) is 7.00. The Labute approximate surface area is 129 Å². The molecule has 0 aliphatic rings. The SMILES string of the molecule is Cc1ccc(NC(=O)CNc2ccc(F)cc2F)c(Br)c1. The number of rotatable bonds is 4. The molecule has 6 heteroatoms. The van der Waals surface area contributed by atoms with E-state index >= 15 is 0 Å². The number of benzene rings is 2. The largest absolute Gasteiger partial charge is 0.374 e. The fraction of sp³-hybridized carbons (Fsp3) is 0.133. The van der Waals surface area contributed by atoms with Gasteiger partial charge in [-0.25, -0.2) is 8.78 Å². The van der Waals surface area contributed by atoms with Crippen molar-refractivity contribution in [3.05, 3.63) is 58.1 Å². The lowest BCUT2D eigenvalue weighted by molar-refractivity contribution is -0.114. The van der Waals surface area contributed by atoms with Gasteiger partial charge in [-0.2, -0.15) is 0 Å². The van der Waals surface area contributed by atoms with E-state index < -0.39 is 11.6 Å². The van der Waals surface area contributed by atoms with Gasteiger partial charge < -0.3 is 10.6 Å². The highest BCUT2D eigenvalue weighted by molar-refractivity contribution is 9.10. The van der Waals surface area contributed by atoms with Gasteiger partial charge in [-0.3, -0.25) is 4.79 Å². The number of carbonyl (C=O) groups excluding carboxylic acids is 1. The highest BCUT2D eigenvalue weighted by Gasteiger charge is 2.08. The van der Waals surface area contributed by atoms with Crippen molar-refractivity contribution in [3.8, 4) is 0 Å². The number of halogens is 3. The van der Waals surface area contributed by atoms with Crippen LogP contribution < -0.4 is 10.6 Å². The zero-order valence-electron chi connectivity index (χ0n) is 11.2. The van der Waals surface area contributed by atoms with Gasteiger partial charge in [0.25, 0.3) is 0 Å². The third-order valence-corrected chi connectivity index (χ3v) is 3.43. The minimum atomic E-state index is -0.737. The van der Waals surface area contributed by atoms with Crippen molar-refractivity contribution >= 4 is 33.2 Å². The first kappa shape index (κ1) is 15.4. The third kappa shape index (κ3) is 4.26. The van der Waals surface area contributed by atoms with Crippen molar-refractivity contribution in [2.45, 2.75) is 6.92 Å². The Bertz CT molecular complexity index is 677. The zero-order chi connectivity index (χ0) is 15.4. The summed E-state index contributed by atoms with van der Waals surface area (Å²) in [5.41, 5.74) is 1.77. The Hall–Kier alpha value is -1.95. The van der Waals surface area contributed by atoms with Crippen molar-refractivity contribution in [2.75, 3.05) is 17.2 Å². The van der Waals surface area contributed by atoms with E-state index in [9.17, 15) is 13.6 Å². The molecule has 0 radical (unpaired) electrons. The van der Waals surface area contributed by atoms with E-state index in [1.807, 2.05) is 19.1 Å². The summed E-state index contributed by atoms with van der Waals surface area (Å²) < 4.78 is 26.9. The lowest BCUT2D eigenvalue weighted by atomic mass is 10.2. The first-order valence-electron chi connectivity index (χ1n) is 6.20. The molecule has 0 aliphatic carbocycles. The van der Waals surface area contributed by atoms with Gasteiger partial charge in [0.05, 0.1) is 17.9 Å². The lowest BCUT2D eigenvalue weighted by Crippen LogP contribution is -2.22. The Balaban J connectivity index is 1.96. The number of anilines is 2. The molecule has 21 heavy (non-hydrogen) atoms. The van der Waals surface area contributed by atoms with Crippen molar-refractivity contribution in [1.29, 1.82) is 0 Å². The Morgan fingerprint density at radius 2 is 1.86 bits per heavy atom. The minimum Gasteiger partial charge on any atom is -0.374 e. The summed E-state index contributed by atoms with van der Waals surface area (Å²) in [6.45, 7) is 1.82. The maximum absolute atomic E-state index is 13.4. The molecule has 0 spiro atoms. The second kappa shape index (κ2) is 6.67. The predicted octanol–water partition coefficient (Wildman–Crippen LogP) is 4.09. The van der Waals surface area contributed by atoms with E-state index in [1.54, 1.807) is 6.07 Å². The fourth-order valence-electron chi connectivity index (χ4n) is 1.72. The van der Waals surface area contributed by atoms with Crippen LogP contribution in [0.4, 0.5) is 20.2 Å². The molecule has 2 aromatic rings. The van der Waals surface area contributed by atoms with Crippen LogP contribution >= 0.6 is 15.9 Å². The summed E-state index contributed by atoms with van der Waals surface area (Å²) in [4.78, 5) is 11.8. The molecule has 0 saturated carbocycles. The molecule has 1 amide bonds. The van der Waals surface area contributed by atoms with Gasteiger partial charge in [-0.1, -0.05) is 6.07 Å². The third-order valence-electron chi connectivity index (χ3n) is 2.77. The molecule has 0 aromatic heterocycles. The van der Waals surface area contributed by atoms with Gasteiger partial charge in [0.15, 0.2) is 0 Å². The van der Waals surface area contributed by atoms with Crippen molar-refractivity contribution < 1.29 is 13.6 Å². The zero-order valence-corrected chi connectivity index (χ0v) is 12.8. The van der Waals surface area contributed by atoms with Crippen molar-refractivity contribution in [1.82, 2.24) is 0 Å². The van der Waals surface area contributed by atoms with Crippen molar-refractivity contribution in [3.63, 3.8) is 0 Å². The van der Waals surface area contributed by atoms with E-state index in [0.717, 1.165) is 22.2 Å². The standard InChI is InChI=1S/C15H13BrF2N2O/c1-9-2-4-13(11(16)6-9)20-15(21)8-19-14-5-3-10(17)7-12(14)18/h2-7,19H,8H2,1H3,(H,20,21). The average Bonchev–Trinajstić information content (AvgIpc) is 2.41. The lowest BCUT2D eigenvalue weighted by Gasteiger charge is -2.10. The number of nitrogens with one attached hydrogen (secondary N) is 2. The molecule has 3 nitrogen and oxygen atoms in total. The van der Waals surface area contributed by atoms with Crippen LogP contribution in [0.25, 0.3) is 0 Å². The van der Waals surface area contributed by atoms with Crippen LogP contribution in [-0.2, 0) is 4.79 Å². The number of hydrogen-bond donors (Lipinski definition) is 2. The molecule has 0 fully saturated rings. The van der Waals surface area contributed by atoms with Gasteiger partial charge in [-0.05, 0) is 52.7 Å². The number of carbonyl (C=O) groups is 1. The van der Waals surface area contributed by atoms with Gasteiger partial charge in [0, 0.05) is 10.5 Å². The Morgan fingerprint density at radius 3 is 2.52 bits per heavy atom. The van der Waals surface area contributed by atoms with Crippen LogP contribution in [0.3, 0.4) is 0 Å². The molecular formula is C15H13BrF2N2O. The molecular weight excluding hydrogens is 342 g/mol. The average molecular weight is 355 g/mol. The fourth-order valence-corrected chi connectivity index (χ4v) is 2.32. The van der Waals surface area contributed by atoms with Crippen LogP contribution in [0.5, 0.6) is 0 Å². The van der Waals surface area contributed by atoms with Crippen LogP contribution in [0.2, 0.25) is 0 Å². The molecule has 110 valence electrons. The van der Waals surface area contributed by atoms with Gasteiger partial charge in [-0.15, -0.1) is 0 Å². The predicted molar refractivity (Wildman–Crippen MR) is 82.4 cm³/mol. The monoisotopic (exact) mass is 354 g/mol. The maximum Gasteiger partial charge on any atom is 0.243 e. The molecule has 0 bridgehead atoms. The topological polar surface area (TPSA) is 41.1 Å².